The Bertz CT molecular complexity index is 1170. The number of carboxylic acid groups (broad SMARTS) is 1. The van der Waals surface area contributed by atoms with Gasteiger partial charge in [-0.15, -0.1) is 0 Å². The number of carbonyl (C=O) groups is 2. The van der Waals surface area contributed by atoms with Gasteiger partial charge in [0.15, 0.2) is 0 Å². The molecule has 1 amide bonds. The molecule has 2 aromatic carbocycles. The van der Waals surface area contributed by atoms with Gasteiger partial charge < -0.3 is 14.4 Å². The van der Waals surface area contributed by atoms with Crippen molar-refractivity contribution in [3.63, 3.8) is 0 Å². The van der Waals surface area contributed by atoms with E-state index in [-0.39, 0.29) is 22.9 Å². The zero-order chi connectivity index (χ0) is 22.5. The van der Waals surface area contributed by atoms with E-state index in [1.54, 1.807) is 31.5 Å². The molecule has 1 heterocycles. The molecule has 0 aliphatic heterocycles. The second kappa shape index (κ2) is 9.49. The van der Waals surface area contributed by atoms with Crippen LogP contribution in [-0.2, 0) is 11.2 Å². The minimum absolute atomic E-state index is 0.0340. The molecular weight excluding hydrogens is 418 g/mol. The fourth-order valence-corrected chi connectivity index (χ4v) is 3.51. The van der Waals surface area contributed by atoms with Gasteiger partial charge in [0.05, 0.1) is 30.3 Å². The Kier molecular flexibility index (Phi) is 6.77. The van der Waals surface area contributed by atoms with Crippen LogP contribution < -0.4 is 10.2 Å². The molecule has 8 heteroatoms. The highest BCUT2D eigenvalue weighted by atomic mass is 35.5. The van der Waals surface area contributed by atoms with Crippen molar-refractivity contribution in [2.24, 2.45) is 5.10 Å². The summed E-state index contributed by atoms with van der Waals surface area (Å²) in [4.78, 5) is 23.6. The normalized spacial score (nSPS) is 11.0. The number of carbonyl (C=O) groups excluding carboxylic acids is 1. The molecule has 0 saturated carbocycles. The molecule has 0 aliphatic rings. The van der Waals surface area contributed by atoms with Gasteiger partial charge >= 0.3 is 5.97 Å². The van der Waals surface area contributed by atoms with Gasteiger partial charge in [-0.1, -0.05) is 23.7 Å². The fourth-order valence-electron chi connectivity index (χ4n) is 3.31. The van der Waals surface area contributed by atoms with Gasteiger partial charge in [-0.3, -0.25) is 4.79 Å². The molecule has 2 N–H and O–H groups in total. The van der Waals surface area contributed by atoms with Crippen LogP contribution in [0, 0.1) is 13.8 Å². The number of rotatable bonds is 7. The summed E-state index contributed by atoms with van der Waals surface area (Å²) in [5.41, 5.74) is 6.60. The van der Waals surface area contributed by atoms with Crippen molar-refractivity contribution in [3.8, 4) is 11.4 Å². The third-order valence-corrected chi connectivity index (χ3v) is 5.13. The lowest BCUT2D eigenvalue weighted by atomic mass is 10.1. The van der Waals surface area contributed by atoms with Crippen molar-refractivity contribution in [1.29, 1.82) is 0 Å². The van der Waals surface area contributed by atoms with Crippen LogP contribution in [-0.4, -0.2) is 34.9 Å². The molecule has 0 atom stereocenters. The molecule has 3 aromatic rings. The number of amides is 1. The maximum absolute atomic E-state index is 12.2. The van der Waals surface area contributed by atoms with E-state index < -0.39 is 5.97 Å². The number of aromatic nitrogens is 1. The van der Waals surface area contributed by atoms with Gasteiger partial charge in [-0.05, 0) is 55.8 Å². The number of ether oxygens (including phenoxy) is 1. The van der Waals surface area contributed by atoms with Crippen LogP contribution in [0.5, 0.6) is 5.75 Å². The summed E-state index contributed by atoms with van der Waals surface area (Å²) >= 11 is 5.98. The van der Waals surface area contributed by atoms with Gasteiger partial charge in [0.25, 0.3) is 0 Å². The van der Waals surface area contributed by atoms with Gasteiger partial charge in [0, 0.05) is 22.6 Å². The van der Waals surface area contributed by atoms with E-state index in [2.05, 4.69) is 10.5 Å². The third-order valence-electron chi connectivity index (χ3n) is 4.80. The van der Waals surface area contributed by atoms with Crippen LogP contribution in [0.25, 0.3) is 5.69 Å². The predicted octanol–water partition coefficient (Wildman–Crippen LogP) is 4.15. The maximum atomic E-state index is 12.2. The number of aryl methyl sites for hydroxylation is 1. The highest BCUT2D eigenvalue weighted by molar-refractivity contribution is 6.33. The number of benzene rings is 2. The van der Waals surface area contributed by atoms with E-state index in [0.29, 0.717) is 11.4 Å². The van der Waals surface area contributed by atoms with E-state index in [0.717, 1.165) is 22.5 Å². The van der Waals surface area contributed by atoms with Crippen LogP contribution in [0.4, 0.5) is 0 Å². The molecule has 31 heavy (non-hydrogen) atoms. The van der Waals surface area contributed by atoms with Crippen LogP contribution in [0.3, 0.4) is 0 Å². The number of hydrazone groups is 1. The molecule has 0 spiro atoms. The number of carboxylic acids is 1. The van der Waals surface area contributed by atoms with Crippen molar-refractivity contribution in [3.05, 3.63) is 81.6 Å². The molecule has 0 saturated heterocycles. The summed E-state index contributed by atoms with van der Waals surface area (Å²) in [6.45, 7) is 3.79. The Hall–Kier alpha value is -3.58. The van der Waals surface area contributed by atoms with Crippen LogP contribution in [0.15, 0.2) is 53.6 Å². The lowest BCUT2D eigenvalue weighted by Crippen LogP contribution is -2.19. The Balaban J connectivity index is 1.75. The fraction of sp³-hybridized carbons (Fsp3) is 0.174. The van der Waals surface area contributed by atoms with Crippen molar-refractivity contribution in [2.45, 2.75) is 20.3 Å². The minimum atomic E-state index is -1.09. The molecule has 160 valence electrons. The van der Waals surface area contributed by atoms with Crippen molar-refractivity contribution in [1.82, 2.24) is 9.99 Å². The zero-order valence-electron chi connectivity index (χ0n) is 17.3. The summed E-state index contributed by atoms with van der Waals surface area (Å²) in [7, 11) is 1.58. The zero-order valence-corrected chi connectivity index (χ0v) is 18.1. The number of nitrogens with zero attached hydrogens (tertiary/aromatic N) is 2. The molecule has 0 fully saturated rings. The second-order valence-electron chi connectivity index (χ2n) is 6.95. The Morgan fingerprint density at radius 3 is 2.68 bits per heavy atom. The van der Waals surface area contributed by atoms with E-state index in [4.69, 9.17) is 16.3 Å². The largest absolute Gasteiger partial charge is 0.497 e. The first-order valence-corrected chi connectivity index (χ1v) is 9.85. The standard InChI is InChI=1S/C23H22ClN3O4/c1-14-9-17(13-25-26-22(28)11-16-5-4-6-19(10-16)31-3)15(2)27(14)18-7-8-21(24)20(12-18)23(29)30/h4-10,12-13H,11H2,1-3H3,(H,26,28)(H,29,30)/b25-13+. The smallest absolute Gasteiger partial charge is 0.337 e. The minimum Gasteiger partial charge on any atom is -0.497 e. The summed E-state index contributed by atoms with van der Waals surface area (Å²) < 4.78 is 7.07. The number of hydrogen-bond acceptors (Lipinski definition) is 4. The summed E-state index contributed by atoms with van der Waals surface area (Å²) in [6, 6.07) is 14.0. The van der Waals surface area contributed by atoms with Crippen LogP contribution in [0.2, 0.25) is 5.02 Å². The highest BCUT2D eigenvalue weighted by Gasteiger charge is 2.14. The van der Waals surface area contributed by atoms with E-state index in [1.165, 1.54) is 6.07 Å². The first kappa shape index (κ1) is 22.1. The molecule has 0 radical (unpaired) electrons. The van der Waals surface area contributed by atoms with Gasteiger partial charge in [-0.25, -0.2) is 10.2 Å². The predicted molar refractivity (Wildman–Crippen MR) is 120 cm³/mol. The van der Waals surface area contributed by atoms with Gasteiger partial charge in [0.1, 0.15) is 5.75 Å². The maximum Gasteiger partial charge on any atom is 0.337 e. The first-order valence-electron chi connectivity index (χ1n) is 9.47. The van der Waals surface area contributed by atoms with Gasteiger partial charge in [-0.2, -0.15) is 5.10 Å². The molecule has 0 unspecified atom stereocenters. The average molecular weight is 440 g/mol. The average Bonchev–Trinajstić information content (AvgIpc) is 3.01. The molecule has 0 aliphatic carbocycles. The highest BCUT2D eigenvalue weighted by Crippen LogP contribution is 2.24. The van der Waals surface area contributed by atoms with E-state index >= 15 is 0 Å². The molecule has 7 nitrogen and oxygen atoms in total. The number of hydrogen-bond donors (Lipinski definition) is 2. The Labute approximate surface area is 184 Å². The summed E-state index contributed by atoms with van der Waals surface area (Å²) in [5, 5.41) is 13.6. The number of methoxy groups -OCH3 is 1. The second-order valence-corrected chi connectivity index (χ2v) is 7.36. The molecular formula is C23H22ClN3O4. The van der Waals surface area contributed by atoms with E-state index in [9.17, 15) is 14.7 Å². The summed E-state index contributed by atoms with van der Waals surface area (Å²) in [6.07, 6.45) is 1.74. The number of nitrogens with one attached hydrogen (secondary N) is 1. The number of halogens is 1. The van der Waals surface area contributed by atoms with Gasteiger partial charge in [0.2, 0.25) is 5.91 Å². The van der Waals surface area contributed by atoms with Crippen molar-refractivity contribution < 1.29 is 19.4 Å². The van der Waals surface area contributed by atoms with E-state index in [1.807, 2.05) is 42.7 Å². The quantitative estimate of drug-likeness (QED) is 0.427. The lowest BCUT2D eigenvalue weighted by Gasteiger charge is -2.11. The van der Waals surface area contributed by atoms with Crippen molar-refractivity contribution >= 4 is 29.7 Å². The third kappa shape index (κ3) is 5.13. The lowest BCUT2D eigenvalue weighted by molar-refractivity contribution is -0.120. The molecule has 3 rings (SSSR count). The van der Waals surface area contributed by atoms with Crippen LogP contribution >= 0.6 is 11.6 Å². The SMILES string of the molecule is COc1cccc(CC(=O)N/N=C/c2cc(C)n(-c3ccc(Cl)c(C(=O)O)c3)c2C)c1. The topological polar surface area (TPSA) is 92.9 Å². The monoisotopic (exact) mass is 439 g/mol. The molecule has 1 aromatic heterocycles. The van der Waals surface area contributed by atoms with Crippen molar-refractivity contribution in [2.75, 3.05) is 7.11 Å². The Morgan fingerprint density at radius 2 is 1.97 bits per heavy atom. The number of aromatic carboxylic acids is 1. The molecule has 0 bridgehead atoms. The van der Waals surface area contributed by atoms with Crippen LogP contribution in [0.1, 0.15) is 32.9 Å². The summed E-state index contributed by atoms with van der Waals surface area (Å²) in [5.74, 6) is -0.647. The first-order chi connectivity index (χ1) is 14.8. The Morgan fingerprint density at radius 1 is 1.19 bits per heavy atom.